The van der Waals surface area contributed by atoms with E-state index in [1.807, 2.05) is 0 Å². The molecule has 3 heterocycles. The van der Waals surface area contributed by atoms with Crippen LogP contribution in [0.15, 0.2) is 48.1 Å². The Morgan fingerprint density at radius 1 is 0.935 bits per heavy atom. The molecule has 4 heteroatoms. The van der Waals surface area contributed by atoms with E-state index in [9.17, 15) is 0 Å². The van der Waals surface area contributed by atoms with E-state index in [4.69, 9.17) is 5.10 Å². The monoisotopic (exact) mass is 414 g/mol. The number of benzene rings is 1. The van der Waals surface area contributed by atoms with E-state index < -0.39 is 0 Å². The lowest BCUT2D eigenvalue weighted by Crippen LogP contribution is -2.47. The number of aromatic nitrogens is 2. The quantitative estimate of drug-likeness (QED) is 0.709. The summed E-state index contributed by atoms with van der Waals surface area (Å²) in [6.45, 7) is 8.89. The number of nitrogens with zero attached hydrogens (tertiary/aromatic N) is 4. The van der Waals surface area contributed by atoms with Gasteiger partial charge in [0.05, 0.1) is 5.69 Å². The average molecular weight is 415 g/mol. The van der Waals surface area contributed by atoms with Crippen LogP contribution in [0, 0.1) is 13.8 Å². The molecule has 0 amide bonds. The molecule has 0 bridgehead atoms. The second kappa shape index (κ2) is 8.96. The number of anilines is 1. The maximum atomic E-state index is 4.71. The summed E-state index contributed by atoms with van der Waals surface area (Å²) in [4.78, 5) is 5.17. The number of allylic oxidation sites excluding steroid dienone is 4. The molecule has 1 aromatic heterocycles. The van der Waals surface area contributed by atoms with Gasteiger partial charge in [-0.1, -0.05) is 42.5 Å². The Kier molecular flexibility index (Phi) is 5.91. The van der Waals surface area contributed by atoms with Crippen LogP contribution in [-0.4, -0.2) is 40.8 Å². The van der Waals surface area contributed by atoms with Crippen LogP contribution < -0.4 is 4.90 Å². The van der Waals surface area contributed by atoms with Crippen LogP contribution in [0.4, 0.5) is 5.82 Å². The van der Waals surface area contributed by atoms with Crippen LogP contribution in [-0.2, 0) is 19.4 Å². The van der Waals surface area contributed by atoms with Gasteiger partial charge < -0.3 is 4.90 Å². The average Bonchev–Trinajstić information content (AvgIpc) is 2.83. The highest BCUT2D eigenvalue weighted by atomic mass is 15.3. The van der Waals surface area contributed by atoms with Crippen molar-refractivity contribution in [1.29, 1.82) is 0 Å². The summed E-state index contributed by atoms with van der Waals surface area (Å²) in [5.41, 5.74) is 8.17. The zero-order chi connectivity index (χ0) is 21.2. The third kappa shape index (κ3) is 4.31. The Balaban J connectivity index is 1.23. The number of piperidine rings is 1. The molecule has 3 aliphatic rings. The predicted octanol–water partition coefficient (Wildman–Crippen LogP) is 4.94. The minimum absolute atomic E-state index is 0.684. The molecule has 0 atom stereocenters. The van der Waals surface area contributed by atoms with Crippen molar-refractivity contribution in [2.24, 2.45) is 0 Å². The second-order valence-corrected chi connectivity index (χ2v) is 9.36. The van der Waals surface area contributed by atoms with Crippen LogP contribution in [0.3, 0.4) is 0 Å². The van der Waals surface area contributed by atoms with E-state index >= 15 is 0 Å². The molecule has 0 N–H and O–H groups in total. The largest absolute Gasteiger partial charge is 0.355 e. The summed E-state index contributed by atoms with van der Waals surface area (Å²) in [6.07, 6.45) is 13.7. The predicted molar refractivity (Wildman–Crippen MR) is 127 cm³/mol. The maximum Gasteiger partial charge on any atom is 0.154 e. The van der Waals surface area contributed by atoms with Crippen molar-refractivity contribution in [3.63, 3.8) is 0 Å². The molecule has 2 aliphatic heterocycles. The highest BCUT2D eigenvalue weighted by molar-refractivity contribution is 5.51. The van der Waals surface area contributed by atoms with Crippen LogP contribution >= 0.6 is 0 Å². The Hall–Kier alpha value is -2.46. The van der Waals surface area contributed by atoms with Crippen LogP contribution in [0.5, 0.6) is 0 Å². The summed E-state index contributed by atoms with van der Waals surface area (Å²) < 4.78 is 0. The van der Waals surface area contributed by atoms with Gasteiger partial charge in [-0.3, -0.25) is 4.90 Å². The summed E-state index contributed by atoms with van der Waals surface area (Å²) in [7, 11) is 0. The Morgan fingerprint density at radius 3 is 2.52 bits per heavy atom. The number of fused-ring (bicyclic) bond motifs is 1. The van der Waals surface area contributed by atoms with Crippen LogP contribution in [0.25, 0.3) is 0 Å². The van der Waals surface area contributed by atoms with E-state index in [1.165, 1.54) is 53.6 Å². The van der Waals surface area contributed by atoms with E-state index in [-0.39, 0.29) is 0 Å². The lowest BCUT2D eigenvalue weighted by Gasteiger charge is -2.41. The molecule has 162 valence electrons. The fourth-order valence-corrected chi connectivity index (χ4v) is 5.37. The third-order valence-corrected chi connectivity index (χ3v) is 7.48. The molecular weight excluding hydrogens is 380 g/mol. The van der Waals surface area contributed by atoms with Gasteiger partial charge in [-0.2, -0.15) is 5.10 Å². The second-order valence-electron chi connectivity index (χ2n) is 9.36. The SMILES string of the molecule is Cc1c(CC2=CCCC=C2)nnc(N2CCC(N3CCc4ccccc4C3)CC2)c1C. The molecule has 1 fully saturated rings. The Morgan fingerprint density at radius 2 is 1.74 bits per heavy atom. The van der Waals surface area contributed by atoms with E-state index in [0.29, 0.717) is 6.04 Å². The van der Waals surface area contributed by atoms with Crippen molar-refractivity contribution in [2.45, 2.75) is 65.0 Å². The first kappa shape index (κ1) is 20.4. The van der Waals surface area contributed by atoms with E-state index in [2.05, 4.69) is 71.2 Å². The minimum Gasteiger partial charge on any atom is -0.355 e. The first-order valence-electron chi connectivity index (χ1n) is 11.9. The number of hydrogen-bond acceptors (Lipinski definition) is 4. The third-order valence-electron chi connectivity index (χ3n) is 7.48. The van der Waals surface area contributed by atoms with E-state index in [0.717, 1.165) is 50.4 Å². The van der Waals surface area contributed by atoms with Gasteiger partial charge in [0.2, 0.25) is 0 Å². The maximum absolute atomic E-state index is 4.71. The normalized spacial score (nSPS) is 19.9. The summed E-state index contributed by atoms with van der Waals surface area (Å²) in [5.74, 6) is 1.09. The van der Waals surface area contributed by atoms with Gasteiger partial charge in [0.25, 0.3) is 0 Å². The standard InChI is InChI=1S/C27H34N4/c1-20-21(2)27(29-28-26(20)18-22-8-4-3-5-9-22)30-16-13-25(14-17-30)31-15-12-23-10-6-7-11-24(23)19-31/h4,6-11,25H,3,5,12-19H2,1-2H3. The van der Waals surface area contributed by atoms with Gasteiger partial charge >= 0.3 is 0 Å². The highest BCUT2D eigenvalue weighted by Crippen LogP contribution is 2.29. The van der Waals surface area contributed by atoms with Crippen molar-refractivity contribution in [3.8, 4) is 0 Å². The van der Waals surface area contributed by atoms with Crippen molar-refractivity contribution in [2.75, 3.05) is 24.5 Å². The smallest absolute Gasteiger partial charge is 0.154 e. The van der Waals surface area contributed by atoms with Crippen molar-refractivity contribution >= 4 is 5.82 Å². The van der Waals surface area contributed by atoms with Gasteiger partial charge in [0, 0.05) is 38.6 Å². The molecule has 31 heavy (non-hydrogen) atoms. The van der Waals surface area contributed by atoms with Gasteiger partial charge in [0.15, 0.2) is 5.82 Å². The summed E-state index contributed by atoms with van der Waals surface area (Å²) in [5, 5.41) is 9.37. The molecule has 1 aliphatic carbocycles. The van der Waals surface area contributed by atoms with Crippen LogP contribution in [0.1, 0.15) is 53.6 Å². The Labute approximate surface area is 186 Å². The van der Waals surface area contributed by atoms with Gasteiger partial charge in [-0.25, -0.2) is 0 Å². The first-order valence-corrected chi connectivity index (χ1v) is 11.9. The molecule has 1 saturated heterocycles. The van der Waals surface area contributed by atoms with Crippen molar-refractivity contribution in [1.82, 2.24) is 15.1 Å². The zero-order valence-electron chi connectivity index (χ0n) is 19.0. The molecule has 2 aromatic rings. The summed E-state index contributed by atoms with van der Waals surface area (Å²) in [6, 6.07) is 9.64. The molecule has 0 unspecified atom stereocenters. The summed E-state index contributed by atoms with van der Waals surface area (Å²) >= 11 is 0. The first-order chi connectivity index (χ1) is 15.2. The topological polar surface area (TPSA) is 32.3 Å². The lowest BCUT2D eigenvalue weighted by atomic mass is 9.95. The van der Waals surface area contributed by atoms with Gasteiger partial charge in [-0.05, 0) is 73.8 Å². The molecule has 1 aromatic carbocycles. The molecule has 0 saturated carbocycles. The van der Waals surface area contributed by atoms with Gasteiger partial charge in [0.1, 0.15) is 0 Å². The number of hydrogen-bond donors (Lipinski definition) is 0. The number of rotatable bonds is 4. The van der Waals surface area contributed by atoms with Gasteiger partial charge in [-0.15, -0.1) is 5.10 Å². The molecular formula is C27H34N4. The molecule has 0 radical (unpaired) electrons. The van der Waals surface area contributed by atoms with E-state index in [1.54, 1.807) is 0 Å². The lowest BCUT2D eigenvalue weighted by molar-refractivity contribution is 0.153. The fourth-order valence-electron chi connectivity index (χ4n) is 5.37. The van der Waals surface area contributed by atoms with Crippen LogP contribution in [0.2, 0.25) is 0 Å². The van der Waals surface area contributed by atoms with Crippen molar-refractivity contribution < 1.29 is 0 Å². The molecule has 0 spiro atoms. The molecule has 4 nitrogen and oxygen atoms in total. The fraction of sp³-hybridized carbons (Fsp3) is 0.481. The highest BCUT2D eigenvalue weighted by Gasteiger charge is 2.28. The Bertz CT molecular complexity index is 998. The molecule has 5 rings (SSSR count). The minimum atomic E-state index is 0.684. The van der Waals surface area contributed by atoms with Crippen molar-refractivity contribution in [3.05, 3.63) is 76.0 Å². The zero-order valence-corrected chi connectivity index (χ0v) is 19.0.